The Bertz CT molecular complexity index is 210. The predicted molar refractivity (Wildman–Crippen MR) is 76.9 cm³/mol. The normalized spacial score (nSPS) is 35.3. The van der Waals surface area contributed by atoms with E-state index in [1.807, 2.05) is 0 Å². The molecule has 2 fully saturated rings. The molecule has 2 rings (SSSR count). The van der Waals surface area contributed by atoms with Crippen molar-refractivity contribution in [2.45, 2.75) is 52.0 Å². The number of rotatable bonds is 3. The zero-order chi connectivity index (χ0) is 11.4. The first-order chi connectivity index (χ1) is 7.75. The second-order valence-electron chi connectivity index (χ2n) is 6.02. The van der Waals surface area contributed by atoms with E-state index in [4.69, 9.17) is 0 Å². The number of nitrogens with one attached hydrogen (secondary N) is 1. The highest BCUT2D eigenvalue weighted by atomic mass is 35.5. The minimum atomic E-state index is 0. The van der Waals surface area contributed by atoms with Crippen LogP contribution < -0.4 is 5.32 Å². The van der Waals surface area contributed by atoms with E-state index in [1.165, 1.54) is 58.3 Å². The summed E-state index contributed by atoms with van der Waals surface area (Å²) in [6.45, 7) is 9.74. The monoisotopic (exact) mass is 260 g/mol. The fraction of sp³-hybridized carbons (Fsp3) is 1.00. The van der Waals surface area contributed by atoms with Gasteiger partial charge >= 0.3 is 0 Å². The Morgan fingerprint density at radius 3 is 2.76 bits per heavy atom. The van der Waals surface area contributed by atoms with Gasteiger partial charge in [-0.15, -0.1) is 12.4 Å². The molecule has 0 aromatic rings. The molecule has 0 aromatic carbocycles. The van der Waals surface area contributed by atoms with E-state index >= 15 is 0 Å². The van der Waals surface area contributed by atoms with Crippen LogP contribution in [0.3, 0.4) is 0 Å². The second-order valence-corrected chi connectivity index (χ2v) is 6.02. The SMILES string of the molecule is CC1CCCC(CCN2CCNC[C@H]2C)C1.Cl. The predicted octanol–water partition coefficient (Wildman–Crippen LogP) is 2.92. The van der Waals surface area contributed by atoms with Gasteiger partial charge in [-0.1, -0.05) is 26.2 Å². The van der Waals surface area contributed by atoms with E-state index < -0.39 is 0 Å². The van der Waals surface area contributed by atoms with Crippen LogP contribution in [0.4, 0.5) is 0 Å². The fourth-order valence-corrected chi connectivity index (χ4v) is 3.39. The van der Waals surface area contributed by atoms with Gasteiger partial charge in [-0.25, -0.2) is 0 Å². The minimum Gasteiger partial charge on any atom is -0.314 e. The highest BCUT2D eigenvalue weighted by Crippen LogP contribution is 2.30. The van der Waals surface area contributed by atoms with Gasteiger partial charge in [0, 0.05) is 25.7 Å². The lowest BCUT2D eigenvalue weighted by molar-refractivity contribution is 0.150. The van der Waals surface area contributed by atoms with Crippen LogP contribution in [-0.2, 0) is 0 Å². The van der Waals surface area contributed by atoms with Crippen LogP contribution in [0.2, 0.25) is 0 Å². The summed E-state index contributed by atoms with van der Waals surface area (Å²) >= 11 is 0. The zero-order valence-electron chi connectivity index (χ0n) is 11.5. The van der Waals surface area contributed by atoms with Crippen LogP contribution in [0.1, 0.15) is 46.0 Å². The van der Waals surface area contributed by atoms with E-state index in [0.717, 1.165) is 17.9 Å². The highest BCUT2D eigenvalue weighted by molar-refractivity contribution is 5.85. The Kier molecular flexibility index (Phi) is 6.83. The molecule has 0 bridgehead atoms. The lowest BCUT2D eigenvalue weighted by Crippen LogP contribution is -2.50. The lowest BCUT2D eigenvalue weighted by Gasteiger charge is -2.36. The van der Waals surface area contributed by atoms with E-state index in [9.17, 15) is 0 Å². The van der Waals surface area contributed by atoms with Gasteiger partial charge in [0.2, 0.25) is 0 Å². The molecule has 0 amide bonds. The van der Waals surface area contributed by atoms with Crippen molar-refractivity contribution < 1.29 is 0 Å². The van der Waals surface area contributed by atoms with Crippen molar-refractivity contribution in [1.29, 1.82) is 0 Å². The summed E-state index contributed by atoms with van der Waals surface area (Å²) in [4.78, 5) is 2.68. The molecular formula is C14H29ClN2. The molecular weight excluding hydrogens is 232 g/mol. The molecule has 2 nitrogen and oxygen atoms in total. The van der Waals surface area contributed by atoms with Crippen LogP contribution in [0.15, 0.2) is 0 Å². The van der Waals surface area contributed by atoms with Gasteiger partial charge in [0.05, 0.1) is 0 Å². The molecule has 2 aliphatic rings. The molecule has 0 radical (unpaired) electrons. The van der Waals surface area contributed by atoms with Crippen molar-refractivity contribution >= 4 is 12.4 Å². The van der Waals surface area contributed by atoms with Crippen LogP contribution in [0.25, 0.3) is 0 Å². The first kappa shape index (κ1) is 15.3. The largest absolute Gasteiger partial charge is 0.314 e. The zero-order valence-corrected chi connectivity index (χ0v) is 12.3. The topological polar surface area (TPSA) is 15.3 Å². The fourth-order valence-electron chi connectivity index (χ4n) is 3.39. The molecule has 17 heavy (non-hydrogen) atoms. The van der Waals surface area contributed by atoms with Crippen LogP contribution in [0, 0.1) is 11.8 Å². The van der Waals surface area contributed by atoms with Gasteiger partial charge in [0.15, 0.2) is 0 Å². The lowest BCUT2D eigenvalue weighted by atomic mass is 9.81. The summed E-state index contributed by atoms with van der Waals surface area (Å²) in [7, 11) is 0. The molecule has 0 aromatic heterocycles. The van der Waals surface area contributed by atoms with Crippen molar-refractivity contribution in [2.24, 2.45) is 11.8 Å². The van der Waals surface area contributed by atoms with Crippen molar-refractivity contribution in [3.05, 3.63) is 0 Å². The summed E-state index contributed by atoms with van der Waals surface area (Å²) < 4.78 is 0. The molecule has 3 atom stereocenters. The molecule has 102 valence electrons. The third kappa shape index (κ3) is 4.76. The molecule has 3 heteroatoms. The highest BCUT2D eigenvalue weighted by Gasteiger charge is 2.22. The molecule has 1 aliphatic heterocycles. The first-order valence-electron chi connectivity index (χ1n) is 7.20. The van der Waals surface area contributed by atoms with Gasteiger partial charge in [-0.2, -0.15) is 0 Å². The quantitative estimate of drug-likeness (QED) is 0.840. The molecule has 1 heterocycles. The standard InChI is InChI=1S/C14H28N2.ClH/c1-12-4-3-5-14(10-12)6-8-16-9-7-15-11-13(16)2;/h12-15H,3-11H2,1-2H3;1H/t12?,13-,14?;/m1./s1. The number of halogens is 1. The van der Waals surface area contributed by atoms with Gasteiger partial charge in [-0.05, 0) is 38.1 Å². The van der Waals surface area contributed by atoms with Crippen LogP contribution in [0.5, 0.6) is 0 Å². The van der Waals surface area contributed by atoms with Crippen molar-refractivity contribution in [3.8, 4) is 0 Å². The van der Waals surface area contributed by atoms with Gasteiger partial charge in [0.25, 0.3) is 0 Å². The Morgan fingerprint density at radius 1 is 1.24 bits per heavy atom. The van der Waals surface area contributed by atoms with Crippen LogP contribution in [-0.4, -0.2) is 37.1 Å². The van der Waals surface area contributed by atoms with E-state index in [2.05, 4.69) is 24.1 Å². The smallest absolute Gasteiger partial charge is 0.0192 e. The Balaban J connectivity index is 0.00000144. The van der Waals surface area contributed by atoms with E-state index in [0.29, 0.717) is 0 Å². The molecule has 0 spiro atoms. The van der Waals surface area contributed by atoms with Gasteiger partial charge in [-0.3, -0.25) is 4.90 Å². The first-order valence-corrected chi connectivity index (χ1v) is 7.20. The molecule has 2 unspecified atom stereocenters. The third-order valence-corrected chi connectivity index (χ3v) is 4.51. The van der Waals surface area contributed by atoms with E-state index in [1.54, 1.807) is 0 Å². The Hall–Kier alpha value is 0.210. The summed E-state index contributed by atoms with van der Waals surface area (Å²) in [5, 5.41) is 3.47. The van der Waals surface area contributed by atoms with Crippen LogP contribution >= 0.6 is 12.4 Å². The molecule has 1 aliphatic carbocycles. The average Bonchev–Trinajstić information content (AvgIpc) is 2.28. The average molecular weight is 261 g/mol. The van der Waals surface area contributed by atoms with E-state index in [-0.39, 0.29) is 12.4 Å². The summed E-state index contributed by atoms with van der Waals surface area (Å²) in [5.41, 5.74) is 0. The summed E-state index contributed by atoms with van der Waals surface area (Å²) in [6, 6.07) is 0.745. The minimum absolute atomic E-state index is 0. The molecule has 1 saturated heterocycles. The maximum Gasteiger partial charge on any atom is 0.0192 e. The van der Waals surface area contributed by atoms with Gasteiger partial charge < -0.3 is 5.32 Å². The number of hydrogen-bond acceptors (Lipinski definition) is 2. The Labute approximate surface area is 113 Å². The molecule has 1 saturated carbocycles. The molecule has 1 N–H and O–H groups in total. The number of hydrogen-bond donors (Lipinski definition) is 1. The third-order valence-electron chi connectivity index (χ3n) is 4.51. The van der Waals surface area contributed by atoms with Gasteiger partial charge in [0.1, 0.15) is 0 Å². The van der Waals surface area contributed by atoms with Crippen molar-refractivity contribution in [3.63, 3.8) is 0 Å². The number of nitrogens with zero attached hydrogens (tertiary/aromatic N) is 1. The second kappa shape index (κ2) is 7.60. The van der Waals surface area contributed by atoms with Crippen molar-refractivity contribution in [2.75, 3.05) is 26.2 Å². The summed E-state index contributed by atoms with van der Waals surface area (Å²) in [5.74, 6) is 2.00. The number of piperazine rings is 1. The summed E-state index contributed by atoms with van der Waals surface area (Å²) in [6.07, 6.45) is 7.36. The maximum absolute atomic E-state index is 3.47. The maximum atomic E-state index is 3.47. The van der Waals surface area contributed by atoms with Crippen molar-refractivity contribution in [1.82, 2.24) is 10.2 Å². The Morgan fingerprint density at radius 2 is 2.06 bits per heavy atom.